The van der Waals surface area contributed by atoms with Gasteiger partial charge in [-0.1, -0.05) is 108 Å². The highest BCUT2D eigenvalue weighted by Gasteiger charge is 2.22. The lowest BCUT2D eigenvalue weighted by atomic mass is 10.1. The normalized spacial score (nSPS) is 11.9. The van der Waals surface area contributed by atoms with Gasteiger partial charge < -0.3 is 8.83 Å². The summed E-state index contributed by atoms with van der Waals surface area (Å²) in [6.45, 7) is 0. The third-order valence-corrected chi connectivity index (χ3v) is 12.7. The van der Waals surface area contributed by atoms with Crippen molar-refractivity contribution in [1.29, 1.82) is 0 Å². The van der Waals surface area contributed by atoms with Crippen molar-refractivity contribution in [2.75, 3.05) is 9.80 Å². The van der Waals surface area contributed by atoms with Gasteiger partial charge in [0, 0.05) is 62.0 Å². The number of hydrogen-bond donors (Lipinski definition) is 0. The lowest BCUT2D eigenvalue weighted by Gasteiger charge is -2.24. The molecule has 13 aromatic rings. The first-order chi connectivity index (χ1) is 30.2. The summed E-state index contributed by atoms with van der Waals surface area (Å²) in [5, 5.41) is 10.9. The molecule has 13 rings (SSSR count). The third kappa shape index (κ3) is 5.46. The van der Waals surface area contributed by atoms with E-state index in [2.05, 4.69) is 155 Å². The quantitative estimate of drug-likeness (QED) is 0.166. The second-order valence-electron chi connectivity index (χ2n) is 15.3. The minimum absolute atomic E-state index is 0.557. The molecule has 5 heterocycles. The Bertz CT molecular complexity index is 3630. The van der Waals surface area contributed by atoms with E-state index < -0.39 is 0 Å². The number of para-hydroxylation sites is 2. The highest BCUT2D eigenvalue weighted by atomic mass is 32.1. The first-order valence-electron chi connectivity index (χ1n) is 20.2. The zero-order chi connectivity index (χ0) is 40.0. The van der Waals surface area contributed by atoms with Crippen LogP contribution in [0.4, 0.5) is 34.5 Å². The molecule has 0 radical (unpaired) electrons. The first-order valence-corrected chi connectivity index (χ1v) is 21.0. The molecule has 0 unspecified atom stereocenters. The molecule has 0 spiro atoms. The van der Waals surface area contributed by atoms with Gasteiger partial charge in [-0.25, -0.2) is 15.0 Å². The Labute approximate surface area is 352 Å². The van der Waals surface area contributed by atoms with Crippen LogP contribution in [0.15, 0.2) is 197 Å². The molecule has 0 amide bonds. The number of aromatic nitrogens is 3. The van der Waals surface area contributed by atoms with E-state index in [1.165, 1.54) is 5.39 Å². The molecule has 5 aromatic heterocycles. The third-order valence-electron chi connectivity index (χ3n) is 11.7. The highest BCUT2D eigenvalue weighted by Crippen LogP contribution is 2.43. The van der Waals surface area contributed by atoms with Crippen LogP contribution in [0.2, 0.25) is 0 Å². The molecule has 0 aliphatic carbocycles. The van der Waals surface area contributed by atoms with Crippen LogP contribution in [0, 0.1) is 0 Å². The van der Waals surface area contributed by atoms with E-state index in [0.29, 0.717) is 5.95 Å². The summed E-state index contributed by atoms with van der Waals surface area (Å²) in [4.78, 5) is 21.7. The molecule has 0 bridgehead atoms. The van der Waals surface area contributed by atoms with Gasteiger partial charge in [-0.2, -0.15) is 0 Å². The van der Waals surface area contributed by atoms with E-state index >= 15 is 0 Å². The predicted molar refractivity (Wildman–Crippen MR) is 252 cm³/mol. The van der Waals surface area contributed by atoms with Crippen molar-refractivity contribution < 1.29 is 8.83 Å². The van der Waals surface area contributed by atoms with Crippen molar-refractivity contribution in [2.24, 2.45) is 0 Å². The van der Waals surface area contributed by atoms with E-state index in [4.69, 9.17) is 23.8 Å². The number of rotatable bonds is 6. The SMILES string of the molecule is c1ccc2cc(N(c3ccc4c(c3)oc3ccccc34)c3ccc4c(n3)sc3nc(N(c5ccc6ccccc6c5)c5ccc6c(c5)oc5ccccc56)ncc34)ccc2c1. The standard InChI is InChI=1S/C53H31N5O2S/c1-3-11-34-27-36(19-17-32(34)9-1)57(38-21-23-42-40-13-5-7-15-46(40)59-48(42)29-38)50-26-25-44-45-31-54-53(56-52(45)61-51(44)55-50)58(37-20-18-33-10-2-4-12-35(33)28-37)39-22-24-43-41-14-6-8-16-47(41)60-49(43)30-39/h1-31H. The molecule has 61 heavy (non-hydrogen) atoms. The van der Waals surface area contributed by atoms with Crippen molar-refractivity contribution in [3.05, 3.63) is 188 Å². The molecule has 7 nitrogen and oxygen atoms in total. The molecular formula is C53H31N5O2S. The van der Waals surface area contributed by atoms with Gasteiger partial charge in [0.1, 0.15) is 37.8 Å². The smallest absolute Gasteiger partial charge is 0.235 e. The Morgan fingerprint density at radius 3 is 1.48 bits per heavy atom. The number of hydrogen-bond acceptors (Lipinski definition) is 8. The summed E-state index contributed by atoms with van der Waals surface area (Å²) < 4.78 is 12.7. The summed E-state index contributed by atoms with van der Waals surface area (Å²) in [5.41, 5.74) is 7.14. The molecule has 0 aliphatic rings. The number of furan rings is 2. The number of pyridine rings is 1. The van der Waals surface area contributed by atoms with E-state index in [9.17, 15) is 0 Å². The summed E-state index contributed by atoms with van der Waals surface area (Å²) in [7, 11) is 0. The Hall–Kier alpha value is -8.07. The maximum atomic E-state index is 6.38. The molecule has 0 aliphatic heterocycles. The van der Waals surface area contributed by atoms with Gasteiger partial charge in [-0.3, -0.25) is 9.80 Å². The van der Waals surface area contributed by atoms with E-state index in [0.717, 1.165) is 109 Å². The maximum absolute atomic E-state index is 6.38. The summed E-state index contributed by atoms with van der Waals surface area (Å²) in [6, 6.07) is 63.1. The van der Waals surface area contributed by atoms with Crippen LogP contribution in [0.5, 0.6) is 0 Å². The van der Waals surface area contributed by atoms with Gasteiger partial charge in [0.25, 0.3) is 0 Å². The first kappa shape index (κ1) is 33.9. The average molecular weight is 802 g/mol. The lowest BCUT2D eigenvalue weighted by Crippen LogP contribution is -2.13. The number of fused-ring (bicyclic) bond motifs is 11. The number of benzene rings is 8. The van der Waals surface area contributed by atoms with Gasteiger partial charge in [0.2, 0.25) is 5.95 Å². The summed E-state index contributed by atoms with van der Waals surface area (Å²) >= 11 is 1.57. The van der Waals surface area contributed by atoms with Gasteiger partial charge in [0.05, 0.1) is 11.4 Å². The van der Waals surface area contributed by atoms with Crippen LogP contribution in [-0.2, 0) is 0 Å². The summed E-state index contributed by atoms with van der Waals surface area (Å²) in [5.74, 6) is 1.34. The van der Waals surface area contributed by atoms with Crippen molar-refractivity contribution >= 4 is 132 Å². The Balaban J connectivity index is 0.961. The van der Waals surface area contributed by atoms with E-state index in [1.54, 1.807) is 11.3 Å². The second kappa shape index (κ2) is 13.2. The van der Waals surface area contributed by atoms with Crippen LogP contribution in [-0.4, -0.2) is 15.0 Å². The number of nitrogens with zero attached hydrogens (tertiary/aromatic N) is 5. The van der Waals surface area contributed by atoms with Gasteiger partial charge in [-0.05, 0) is 94.3 Å². The molecule has 8 heteroatoms. The molecular weight excluding hydrogens is 771 g/mol. The van der Waals surface area contributed by atoms with E-state index in [-0.39, 0.29) is 0 Å². The van der Waals surface area contributed by atoms with Crippen molar-refractivity contribution in [3.8, 4) is 0 Å². The number of thiophene rings is 1. The van der Waals surface area contributed by atoms with E-state index in [1.807, 2.05) is 42.6 Å². The van der Waals surface area contributed by atoms with Gasteiger partial charge >= 0.3 is 0 Å². The zero-order valence-corrected chi connectivity index (χ0v) is 33.2. The van der Waals surface area contributed by atoms with Crippen LogP contribution < -0.4 is 9.80 Å². The zero-order valence-electron chi connectivity index (χ0n) is 32.4. The fraction of sp³-hybridized carbons (Fsp3) is 0. The van der Waals surface area contributed by atoms with Crippen LogP contribution >= 0.6 is 11.3 Å². The molecule has 0 N–H and O–H groups in total. The van der Waals surface area contributed by atoms with Crippen molar-refractivity contribution in [3.63, 3.8) is 0 Å². The van der Waals surface area contributed by atoms with Crippen LogP contribution in [0.1, 0.15) is 0 Å². The van der Waals surface area contributed by atoms with Gasteiger partial charge in [-0.15, -0.1) is 0 Å². The van der Waals surface area contributed by atoms with Crippen LogP contribution in [0.3, 0.4) is 0 Å². The molecule has 8 aromatic carbocycles. The Kier molecular flexibility index (Phi) is 7.34. The van der Waals surface area contributed by atoms with Gasteiger partial charge in [0.15, 0.2) is 0 Å². The molecule has 0 fully saturated rings. The maximum Gasteiger partial charge on any atom is 0.235 e. The topological polar surface area (TPSA) is 71.4 Å². The second-order valence-corrected chi connectivity index (χ2v) is 16.3. The minimum Gasteiger partial charge on any atom is -0.456 e. The fourth-order valence-electron chi connectivity index (χ4n) is 8.79. The Morgan fingerprint density at radius 1 is 0.361 bits per heavy atom. The van der Waals surface area contributed by atoms with Crippen molar-refractivity contribution in [2.45, 2.75) is 0 Å². The largest absolute Gasteiger partial charge is 0.456 e. The monoisotopic (exact) mass is 801 g/mol. The lowest BCUT2D eigenvalue weighted by molar-refractivity contribution is 0.668. The molecule has 286 valence electrons. The molecule has 0 atom stereocenters. The summed E-state index contributed by atoms with van der Waals surface area (Å²) in [6.07, 6.45) is 1.93. The fourth-order valence-corrected chi connectivity index (χ4v) is 9.80. The highest BCUT2D eigenvalue weighted by molar-refractivity contribution is 7.25. The number of anilines is 6. The Morgan fingerprint density at radius 2 is 0.836 bits per heavy atom. The van der Waals surface area contributed by atoms with Crippen molar-refractivity contribution in [1.82, 2.24) is 15.0 Å². The average Bonchev–Trinajstić information content (AvgIpc) is 3.99. The molecule has 0 saturated carbocycles. The molecule has 0 saturated heterocycles. The van der Waals surface area contributed by atoms with Crippen LogP contribution in [0.25, 0.3) is 85.9 Å². The minimum atomic E-state index is 0.557. The predicted octanol–water partition coefficient (Wildman–Crippen LogP) is 15.3.